The molecule has 7 heteroatoms. The monoisotopic (exact) mass is 382 g/mol. The standard InChI is InChI=1S/C18H21ClFN3OS/c19-14-11-13(6-7-15(14)20)22-18(25)21-12-16(17-5-4-10-24-17)23-8-2-1-3-9-23/h4-7,10-11,16H,1-3,8-9,12H2,(H2,21,22,25)/p+1/t16-/m1/s1. The van der Waals surface area contributed by atoms with Crippen molar-refractivity contribution in [2.24, 2.45) is 0 Å². The fraction of sp³-hybridized carbons (Fsp3) is 0.389. The van der Waals surface area contributed by atoms with Crippen LogP contribution in [0.1, 0.15) is 31.1 Å². The zero-order valence-corrected chi connectivity index (χ0v) is 15.4. The predicted molar refractivity (Wildman–Crippen MR) is 102 cm³/mol. The van der Waals surface area contributed by atoms with Gasteiger partial charge in [0.2, 0.25) is 0 Å². The minimum absolute atomic E-state index is 0.0685. The maximum absolute atomic E-state index is 13.2. The highest BCUT2D eigenvalue weighted by Gasteiger charge is 2.28. The van der Waals surface area contributed by atoms with E-state index in [0.29, 0.717) is 17.3 Å². The molecule has 1 aromatic heterocycles. The summed E-state index contributed by atoms with van der Waals surface area (Å²) in [4.78, 5) is 1.52. The van der Waals surface area contributed by atoms with E-state index in [1.165, 1.54) is 36.3 Å². The van der Waals surface area contributed by atoms with E-state index in [1.807, 2.05) is 12.1 Å². The Morgan fingerprint density at radius 1 is 1.28 bits per heavy atom. The smallest absolute Gasteiger partial charge is 0.171 e. The van der Waals surface area contributed by atoms with Gasteiger partial charge in [-0.2, -0.15) is 0 Å². The molecule has 3 rings (SSSR count). The van der Waals surface area contributed by atoms with Crippen molar-refractivity contribution in [2.45, 2.75) is 25.3 Å². The molecule has 0 spiro atoms. The average molecular weight is 383 g/mol. The first-order chi connectivity index (χ1) is 12.1. The third-order valence-corrected chi connectivity index (χ3v) is 5.06. The van der Waals surface area contributed by atoms with Gasteiger partial charge in [-0.25, -0.2) is 4.39 Å². The summed E-state index contributed by atoms with van der Waals surface area (Å²) in [6.07, 6.45) is 5.49. The summed E-state index contributed by atoms with van der Waals surface area (Å²) in [6.45, 7) is 2.95. The van der Waals surface area contributed by atoms with Crippen LogP contribution in [-0.4, -0.2) is 24.7 Å². The topological polar surface area (TPSA) is 41.6 Å². The maximum Gasteiger partial charge on any atom is 0.171 e. The molecular formula is C18H22ClFN3OS+. The molecular weight excluding hydrogens is 361 g/mol. The Morgan fingerprint density at radius 2 is 2.08 bits per heavy atom. The van der Waals surface area contributed by atoms with Gasteiger partial charge in [0.05, 0.1) is 30.9 Å². The summed E-state index contributed by atoms with van der Waals surface area (Å²) in [6, 6.07) is 8.59. The first kappa shape index (κ1) is 18.2. The molecule has 1 aliphatic heterocycles. The van der Waals surface area contributed by atoms with Gasteiger partial charge in [-0.15, -0.1) is 0 Å². The number of benzene rings is 1. The number of quaternary nitrogens is 1. The number of hydrogen-bond acceptors (Lipinski definition) is 2. The number of anilines is 1. The third-order valence-electron chi connectivity index (χ3n) is 4.52. The summed E-state index contributed by atoms with van der Waals surface area (Å²) in [7, 11) is 0. The number of piperidine rings is 1. The largest absolute Gasteiger partial charge is 0.463 e. The van der Waals surface area contributed by atoms with Crippen LogP contribution in [0.25, 0.3) is 0 Å². The van der Waals surface area contributed by atoms with Crippen LogP contribution in [0.4, 0.5) is 10.1 Å². The van der Waals surface area contributed by atoms with Gasteiger partial charge >= 0.3 is 0 Å². The number of thiocarbonyl (C=S) groups is 1. The second-order valence-corrected chi connectivity index (χ2v) is 7.07. The van der Waals surface area contributed by atoms with Crippen molar-refractivity contribution in [2.75, 3.05) is 25.0 Å². The summed E-state index contributed by atoms with van der Waals surface area (Å²) < 4.78 is 18.9. The summed E-state index contributed by atoms with van der Waals surface area (Å²) in [5.41, 5.74) is 0.656. The molecule has 2 heterocycles. The Balaban J connectivity index is 1.60. The quantitative estimate of drug-likeness (QED) is 0.695. The Labute approximate surface area is 157 Å². The van der Waals surface area contributed by atoms with Crippen molar-refractivity contribution >= 4 is 34.6 Å². The van der Waals surface area contributed by atoms with Crippen LogP contribution in [0.2, 0.25) is 5.02 Å². The van der Waals surface area contributed by atoms with Crippen LogP contribution in [0.3, 0.4) is 0 Å². The molecule has 1 atom stereocenters. The molecule has 0 saturated carbocycles. The van der Waals surface area contributed by atoms with Crippen LogP contribution in [-0.2, 0) is 0 Å². The Bertz CT molecular complexity index is 704. The lowest BCUT2D eigenvalue weighted by atomic mass is 10.1. The van der Waals surface area contributed by atoms with Crippen LogP contribution in [0, 0.1) is 5.82 Å². The van der Waals surface area contributed by atoms with E-state index in [9.17, 15) is 4.39 Å². The summed E-state index contributed by atoms with van der Waals surface area (Å²) in [5.74, 6) is 0.523. The normalized spacial score (nSPS) is 16.4. The van der Waals surface area contributed by atoms with Gasteiger partial charge in [0.1, 0.15) is 5.82 Å². The SMILES string of the molecule is Fc1ccc(NC(=S)NC[C@H](c2ccco2)[NH+]2CCCCC2)cc1Cl. The third kappa shape index (κ3) is 4.93. The van der Waals surface area contributed by atoms with Crippen molar-refractivity contribution in [3.63, 3.8) is 0 Å². The molecule has 0 unspecified atom stereocenters. The van der Waals surface area contributed by atoms with E-state index in [0.717, 1.165) is 18.8 Å². The van der Waals surface area contributed by atoms with Crippen molar-refractivity contribution < 1.29 is 13.7 Å². The van der Waals surface area contributed by atoms with Gasteiger partial charge in [-0.05, 0) is 61.8 Å². The number of rotatable bonds is 5. The lowest BCUT2D eigenvalue weighted by molar-refractivity contribution is -0.936. The molecule has 1 saturated heterocycles. The van der Waals surface area contributed by atoms with Gasteiger partial charge in [0, 0.05) is 5.69 Å². The van der Waals surface area contributed by atoms with E-state index in [4.69, 9.17) is 28.2 Å². The van der Waals surface area contributed by atoms with E-state index >= 15 is 0 Å². The number of hydrogen-bond donors (Lipinski definition) is 3. The van der Waals surface area contributed by atoms with Gasteiger partial charge < -0.3 is 20.0 Å². The maximum atomic E-state index is 13.2. The second kappa shape index (κ2) is 8.65. The minimum atomic E-state index is -0.447. The van der Waals surface area contributed by atoms with E-state index in [-0.39, 0.29) is 11.1 Å². The predicted octanol–water partition coefficient (Wildman–Crippen LogP) is 3.17. The molecule has 3 N–H and O–H groups in total. The number of nitrogens with one attached hydrogen (secondary N) is 3. The van der Waals surface area contributed by atoms with E-state index < -0.39 is 5.82 Å². The fourth-order valence-electron chi connectivity index (χ4n) is 3.23. The number of likely N-dealkylation sites (tertiary alicyclic amines) is 1. The van der Waals surface area contributed by atoms with E-state index in [2.05, 4.69) is 10.6 Å². The number of furan rings is 1. The molecule has 1 aromatic carbocycles. The Hall–Kier alpha value is -1.63. The zero-order valence-electron chi connectivity index (χ0n) is 13.9. The molecule has 4 nitrogen and oxygen atoms in total. The molecule has 2 aromatic rings. The minimum Gasteiger partial charge on any atom is -0.463 e. The molecule has 1 fully saturated rings. The average Bonchev–Trinajstić information content (AvgIpc) is 3.14. The highest BCUT2D eigenvalue weighted by molar-refractivity contribution is 7.80. The van der Waals surface area contributed by atoms with Crippen LogP contribution in [0.15, 0.2) is 41.0 Å². The van der Waals surface area contributed by atoms with Gasteiger partial charge in [0.15, 0.2) is 16.9 Å². The molecule has 25 heavy (non-hydrogen) atoms. The molecule has 0 bridgehead atoms. The summed E-state index contributed by atoms with van der Waals surface area (Å²) in [5, 5.41) is 6.85. The molecule has 1 aliphatic rings. The molecule has 0 amide bonds. The van der Waals surface area contributed by atoms with Gasteiger partial charge in [0.25, 0.3) is 0 Å². The molecule has 0 aliphatic carbocycles. The van der Waals surface area contributed by atoms with Crippen molar-refractivity contribution in [3.8, 4) is 0 Å². The second-order valence-electron chi connectivity index (χ2n) is 6.25. The van der Waals surface area contributed by atoms with Crippen molar-refractivity contribution in [3.05, 3.63) is 53.2 Å². The summed E-state index contributed by atoms with van der Waals surface area (Å²) >= 11 is 11.2. The fourth-order valence-corrected chi connectivity index (χ4v) is 3.62. The van der Waals surface area contributed by atoms with Gasteiger partial charge in [-0.3, -0.25) is 0 Å². The van der Waals surface area contributed by atoms with Crippen LogP contribution in [0.5, 0.6) is 0 Å². The van der Waals surface area contributed by atoms with Crippen molar-refractivity contribution in [1.82, 2.24) is 5.32 Å². The Kier molecular flexibility index (Phi) is 6.29. The highest BCUT2D eigenvalue weighted by Crippen LogP contribution is 2.19. The molecule has 134 valence electrons. The first-order valence-corrected chi connectivity index (χ1v) is 9.30. The zero-order chi connectivity index (χ0) is 17.6. The highest BCUT2D eigenvalue weighted by atomic mass is 35.5. The lowest BCUT2D eigenvalue weighted by Gasteiger charge is -2.30. The lowest BCUT2D eigenvalue weighted by Crippen LogP contribution is -3.13. The van der Waals surface area contributed by atoms with Crippen LogP contribution < -0.4 is 15.5 Å². The van der Waals surface area contributed by atoms with E-state index in [1.54, 1.807) is 12.3 Å². The van der Waals surface area contributed by atoms with Crippen LogP contribution >= 0.6 is 23.8 Å². The first-order valence-electron chi connectivity index (χ1n) is 8.51. The van der Waals surface area contributed by atoms with Crippen molar-refractivity contribution in [1.29, 1.82) is 0 Å². The Morgan fingerprint density at radius 3 is 2.76 bits per heavy atom. The van der Waals surface area contributed by atoms with Gasteiger partial charge in [-0.1, -0.05) is 11.6 Å². The molecule has 0 radical (unpaired) electrons. The number of halogens is 2.